The summed E-state index contributed by atoms with van der Waals surface area (Å²) in [5.41, 5.74) is 6.97. The Hall–Kier alpha value is -4.59. The van der Waals surface area contributed by atoms with Crippen LogP contribution < -0.4 is 23.7 Å². The molecule has 0 radical (unpaired) electrons. The zero-order valence-corrected chi connectivity index (χ0v) is 24.3. The topological polar surface area (TPSA) is 77.4 Å². The van der Waals surface area contributed by atoms with Crippen LogP contribution in [0.3, 0.4) is 0 Å². The Kier molecular flexibility index (Phi) is 8.10. The van der Waals surface area contributed by atoms with Crippen LogP contribution in [-0.4, -0.2) is 45.6 Å². The fraction of sp³-hybridized carbons (Fsp3) is 0.303. The Morgan fingerprint density at radius 3 is 2.17 bits per heavy atom. The predicted octanol–water partition coefficient (Wildman–Crippen LogP) is 6.48. The second kappa shape index (κ2) is 11.9. The first kappa shape index (κ1) is 28.0. The molecule has 0 fully saturated rings. The van der Waals surface area contributed by atoms with Gasteiger partial charge in [-0.05, 0) is 73.4 Å². The van der Waals surface area contributed by atoms with Crippen molar-refractivity contribution >= 4 is 5.97 Å². The fourth-order valence-corrected chi connectivity index (χ4v) is 5.46. The molecule has 41 heavy (non-hydrogen) atoms. The largest absolute Gasteiger partial charge is 0.497 e. The number of hydrogen-bond acceptors (Lipinski definition) is 7. The van der Waals surface area contributed by atoms with E-state index in [9.17, 15) is 4.79 Å². The van der Waals surface area contributed by atoms with Crippen molar-refractivity contribution in [3.05, 3.63) is 77.0 Å². The van der Waals surface area contributed by atoms with Gasteiger partial charge in [-0.2, -0.15) is 0 Å². The van der Waals surface area contributed by atoms with Crippen molar-refractivity contribution in [2.75, 3.05) is 35.0 Å². The standard InChI is InChI=1S/C33H35NO7/c1-7-40-33(35)31-30(20(2)34-15-14-22-16-28(38-5)29(39-6)18-25(22)32(31)34)23-10-13-26(27(17-23)37-4)41-19-21-8-11-24(36-3)12-9-21/h8-13,16-18H,7,14-15,19H2,1-6H3. The monoisotopic (exact) mass is 557 g/mol. The summed E-state index contributed by atoms with van der Waals surface area (Å²) in [6, 6.07) is 17.4. The van der Waals surface area contributed by atoms with Crippen molar-refractivity contribution < 1.29 is 33.2 Å². The minimum absolute atomic E-state index is 0.266. The van der Waals surface area contributed by atoms with Crippen LogP contribution in [0, 0.1) is 6.92 Å². The smallest absolute Gasteiger partial charge is 0.340 e. The molecule has 1 aromatic heterocycles. The lowest BCUT2D eigenvalue weighted by atomic mass is 9.93. The van der Waals surface area contributed by atoms with E-state index in [1.54, 1.807) is 28.4 Å². The molecule has 1 aliphatic rings. The normalized spacial score (nSPS) is 11.8. The van der Waals surface area contributed by atoms with Gasteiger partial charge in [0.2, 0.25) is 0 Å². The van der Waals surface area contributed by atoms with Gasteiger partial charge in [0, 0.05) is 23.4 Å². The molecule has 0 bridgehead atoms. The number of hydrogen-bond donors (Lipinski definition) is 0. The highest BCUT2D eigenvalue weighted by Gasteiger charge is 2.32. The summed E-state index contributed by atoms with van der Waals surface area (Å²) in [7, 11) is 6.49. The number of methoxy groups -OCH3 is 4. The lowest BCUT2D eigenvalue weighted by Crippen LogP contribution is -2.15. The number of ether oxygens (including phenoxy) is 6. The average Bonchev–Trinajstić information content (AvgIpc) is 3.31. The van der Waals surface area contributed by atoms with E-state index in [2.05, 4.69) is 4.57 Å². The predicted molar refractivity (Wildman–Crippen MR) is 157 cm³/mol. The molecule has 0 atom stereocenters. The van der Waals surface area contributed by atoms with Gasteiger partial charge in [-0.1, -0.05) is 18.2 Å². The summed E-state index contributed by atoms with van der Waals surface area (Å²) in [4.78, 5) is 13.6. The van der Waals surface area contributed by atoms with E-state index in [0.29, 0.717) is 35.2 Å². The molecular formula is C33H35NO7. The van der Waals surface area contributed by atoms with Crippen molar-refractivity contribution in [3.8, 4) is 51.1 Å². The zero-order valence-electron chi connectivity index (χ0n) is 24.3. The molecule has 2 heterocycles. The summed E-state index contributed by atoms with van der Waals surface area (Å²) in [5.74, 6) is 2.86. The van der Waals surface area contributed by atoms with Gasteiger partial charge in [0.1, 0.15) is 12.4 Å². The van der Waals surface area contributed by atoms with E-state index in [-0.39, 0.29) is 12.6 Å². The molecule has 214 valence electrons. The van der Waals surface area contributed by atoms with Crippen LogP contribution >= 0.6 is 0 Å². The number of benzene rings is 3. The van der Waals surface area contributed by atoms with Gasteiger partial charge < -0.3 is 33.0 Å². The van der Waals surface area contributed by atoms with Crippen molar-refractivity contribution in [2.45, 2.75) is 33.4 Å². The lowest BCUT2D eigenvalue weighted by molar-refractivity contribution is 0.0528. The quantitative estimate of drug-likeness (QED) is 0.207. The highest BCUT2D eigenvalue weighted by molar-refractivity contribution is 6.05. The summed E-state index contributed by atoms with van der Waals surface area (Å²) < 4.78 is 36.0. The Balaban J connectivity index is 1.59. The van der Waals surface area contributed by atoms with Gasteiger partial charge in [-0.3, -0.25) is 0 Å². The van der Waals surface area contributed by atoms with E-state index in [0.717, 1.165) is 57.9 Å². The SMILES string of the molecule is CCOC(=O)c1c(-c2ccc(OCc3ccc(OC)cc3)c(OC)c2)c(C)n2c1-c1cc(OC)c(OC)cc1CC2. The molecule has 0 spiro atoms. The molecule has 8 nitrogen and oxygen atoms in total. The van der Waals surface area contributed by atoms with Gasteiger partial charge in [-0.15, -0.1) is 0 Å². The third kappa shape index (κ3) is 5.17. The molecule has 0 amide bonds. The number of fused-ring (bicyclic) bond motifs is 3. The highest BCUT2D eigenvalue weighted by atomic mass is 16.5. The van der Waals surface area contributed by atoms with E-state index < -0.39 is 0 Å². The molecule has 5 rings (SSSR count). The number of nitrogens with zero attached hydrogens (tertiary/aromatic N) is 1. The summed E-state index contributed by atoms with van der Waals surface area (Å²) in [5, 5.41) is 0. The molecule has 0 unspecified atom stereocenters. The number of carbonyl (C=O) groups excluding carboxylic acids is 1. The molecule has 0 aliphatic carbocycles. The third-order valence-corrected chi connectivity index (χ3v) is 7.48. The van der Waals surface area contributed by atoms with Crippen molar-refractivity contribution in [2.24, 2.45) is 0 Å². The molecule has 3 aromatic carbocycles. The van der Waals surface area contributed by atoms with Crippen LogP contribution in [0.25, 0.3) is 22.4 Å². The van der Waals surface area contributed by atoms with Crippen molar-refractivity contribution in [1.82, 2.24) is 4.57 Å². The molecular weight excluding hydrogens is 522 g/mol. The second-order valence-electron chi connectivity index (χ2n) is 9.67. The van der Waals surface area contributed by atoms with Crippen LogP contribution in [0.4, 0.5) is 0 Å². The fourth-order valence-electron chi connectivity index (χ4n) is 5.46. The minimum Gasteiger partial charge on any atom is -0.497 e. The molecule has 8 heteroatoms. The zero-order chi connectivity index (χ0) is 29.1. The summed E-state index contributed by atoms with van der Waals surface area (Å²) >= 11 is 0. The second-order valence-corrected chi connectivity index (χ2v) is 9.67. The first-order valence-electron chi connectivity index (χ1n) is 13.5. The Bertz CT molecular complexity index is 1570. The minimum atomic E-state index is -0.374. The van der Waals surface area contributed by atoms with E-state index in [1.807, 2.05) is 68.4 Å². The van der Waals surface area contributed by atoms with Gasteiger partial charge in [0.05, 0.1) is 46.3 Å². The maximum absolute atomic E-state index is 13.6. The molecule has 0 saturated heterocycles. The Labute approximate surface area is 240 Å². The van der Waals surface area contributed by atoms with Crippen LogP contribution in [0.15, 0.2) is 54.6 Å². The lowest BCUT2D eigenvalue weighted by Gasteiger charge is -2.23. The molecule has 0 saturated carbocycles. The number of carbonyl (C=O) groups is 1. The van der Waals surface area contributed by atoms with Crippen LogP contribution in [0.1, 0.15) is 34.1 Å². The van der Waals surface area contributed by atoms with Crippen LogP contribution in [0.2, 0.25) is 0 Å². The van der Waals surface area contributed by atoms with Gasteiger partial charge >= 0.3 is 5.97 Å². The van der Waals surface area contributed by atoms with E-state index in [1.165, 1.54) is 0 Å². The third-order valence-electron chi connectivity index (χ3n) is 7.48. The maximum Gasteiger partial charge on any atom is 0.340 e. The number of aromatic nitrogens is 1. The summed E-state index contributed by atoms with van der Waals surface area (Å²) in [6.45, 7) is 5.20. The Morgan fingerprint density at radius 2 is 1.51 bits per heavy atom. The number of esters is 1. The van der Waals surface area contributed by atoms with Crippen molar-refractivity contribution in [1.29, 1.82) is 0 Å². The Morgan fingerprint density at radius 1 is 0.829 bits per heavy atom. The van der Waals surface area contributed by atoms with E-state index >= 15 is 0 Å². The number of aryl methyl sites for hydroxylation is 1. The van der Waals surface area contributed by atoms with Crippen LogP contribution in [-0.2, 0) is 24.3 Å². The van der Waals surface area contributed by atoms with Gasteiger partial charge in [-0.25, -0.2) is 4.79 Å². The van der Waals surface area contributed by atoms with E-state index in [4.69, 9.17) is 28.4 Å². The molecule has 0 N–H and O–H groups in total. The first-order chi connectivity index (χ1) is 19.9. The number of rotatable bonds is 10. The highest BCUT2D eigenvalue weighted by Crippen LogP contribution is 2.46. The maximum atomic E-state index is 13.6. The molecule has 1 aliphatic heterocycles. The average molecular weight is 558 g/mol. The van der Waals surface area contributed by atoms with Crippen molar-refractivity contribution in [3.63, 3.8) is 0 Å². The van der Waals surface area contributed by atoms with Gasteiger partial charge in [0.15, 0.2) is 23.0 Å². The first-order valence-corrected chi connectivity index (χ1v) is 13.5. The summed E-state index contributed by atoms with van der Waals surface area (Å²) in [6.07, 6.45) is 0.793. The van der Waals surface area contributed by atoms with Gasteiger partial charge in [0.25, 0.3) is 0 Å². The molecule has 4 aromatic rings. The van der Waals surface area contributed by atoms with Crippen LogP contribution in [0.5, 0.6) is 28.7 Å².